The molecule has 1 aromatic heterocycles. The lowest BCUT2D eigenvalue weighted by atomic mass is 10.0. The summed E-state index contributed by atoms with van der Waals surface area (Å²) in [5.74, 6) is 0.0654. The highest BCUT2D eigenvalue weighted by Gasteiger charge is 2.25. The largest absolute Gasteiger partial charge is 0.489 e. The third kappa shape index (κ3) is 4.94. The van der Waals surface area contributed by atoms with Gasteiger partial charge in [-0.2, -0.15) is 0 Å². The number of rotatable bonds is 8. The summed E-state index contributed by atoms with van der Waals surface area (Å²) in [6, 6.07) is 14.2. The molecule has 0 saturated carbocycles. The molecule has 1 atom stereocenters. The van der Waals surface area contributed by atoms with E-state index in [1.165, 1.54) is 24.0 Å². The Balaban J connectivity index is 1.76. The van der Waals surface area contributed by atoms with Crippen LogP contribution in [0.25, 0.3) is 0 Å². The summed E-state index contributed by atoms with van der Waals surface area (Å²) in [7, 11) is 0. The number of thioether (sulfide) groups is 1. The maximum Gasteiger partial charge on any atom is 0.197 e. The van der Waals surface area contributed by atoms with Crippen molar-refractivity contribution in [2.75, 3.05) is 6.26 Å². The zero-order valence-corrected chi connectivity index (χ0v) is 16.5. The normalized spacial score (nSPS) is 11.6. The van der Waals surface area contributed by atoms with Gasteiger partial charge in [-0.05, 0) is 42.2 Å². The molecule has 2 aromatic carbocycles. The van der Waals surface area contributed by atoms with Crippen LogP contribution in [0.3, 0.4) is 0 Å². The minimum absolute atomic E-state index is 0.270. The lowest BCUT2D eigenvalue weighted by Gasteiger charge is -2.11. The van der Waals surface area contributed by atoms with Crippen LogP contribution in [0.5, 0.6) is 5.75 Å². The van der Waals surface area contributed by atoms with Crippen molar-refractivity contribution in [1.82, 2.24) is 9.97 Å². The van der Waals surface area contributed by atoms with Crippen LogP contribution in [0.2, 0.25) is 5.02 Å². The minimum Gasteiger partial charge on any atom is -0.489 e. The first kappa shape index (κ1) is 20.0. The number of nitrogens with zero attached hydrogens (tertiary/aromatic N) is 3. The molecule has 28 heavy (non-hydrogen) atoms. The third-order valence-corrected chi connectivity index (χ3v) is 4.72. The molecule has 0 fully saturated rings. The van der Waals surface area contributed by atoms with Crippen LogP contribution in [0, 0.1) is 4.91 Å². The van der Waals surface area contributed by atoms with Crippen LogP contribution < -0.4 is 4.74 Å². The zero-order chi connectivity index (χ0) is 19.9. The van der Waals surface area contributed by atoms with Crippen LogP contribution in [0.4, 0.5) is 0 Å². The van der Waals surface area contributed by atoms with Crippen molar-refractivity contribution in [3.63, 3.8) is 0 Å². The van der Waals surface area contributed by atoms with Gasteiger partial charge in [0.15, 0.2) is 17.0 Å². The van der Waals surface area contributed by atoms with E-state index in [0.29, 0.717) is 28.1 Å². The first-order valence-corrected chi connectivity index (χ1v) is 9.92. The van der Waals surface area contributed by atoms with Crippen molar-refractivity contribution >= 4 is 29.1 Å². The number of ether oxygens (including phenoxy) is 1. The smallest absolute Gasteiger partial charge is 0.197 e. The molecular formula is C20H16ClN3O3S. The Kier molecular flexibility index (Phi) is 6.73. The Hall–Kier alpha value is -2.77. The number of ketones is 1. The fourth-order valence-electron chi connectivity index (χ4n) is 2.49. The molecule has 0 aliphatic heterocycles. The standard InChI is InChI=1S/C20H16ClN3O3S/c1-28-20-22-10-9-17(23-20)18(24-26)19(25)14-3-2-4-16(11-14)27-12-13-5-7-15(21)8-6-13/h2-11,18H,12H2,1H3. The first-order chi connectivity index (χ1) is 13.6. The summed E-state index contributed by atoms with van der Waals surface area (Å²) in [4.78, 5) is 32.4. The minimum atomic E-state index is -1.24. The zero-order valence-electron chi connectivity index (χ0n) is 14.9. The quantitative estimate of drug-likeness (QED) is 0.220. The van der Waals surface area contributed by atoms with Crippen molar-refractivity contribution in [3.8, 4) is 5.75 Å². The number of halogens is 1. The molecule has 142 valence electrons. The van der Waals surface area contributed by atoms with E-state index in [0.717, 1.165) is 5.56 Å². The number of benzene rings is 2. The van der Waals surface area contributed by atoms with Gasteiger partial charge in [-0.1, -0.05) is 52.8 Å². The molecule has 0 spiro atoms. The number of aromatic nitrogens is 2. The number of hydrogen-bond donors (Lipinski definition) is 0. The molecule has 0 aliphatic rings. The van der Waals surface area contributed by atoms with E-state index in [1.54, 1.807) is 36.4 Å². The van der Waals surface area contributed by atoms with Crippen LogP contribution >= 0.6 is 23.4 Å². The van der Waals surface area contributed by atoms with Crippen molar-refractivity contribution in [3.05, 3.63) is 87.5 Å². The molecule has 1 heterocycles. The summed E-state index contributed by atoms with van der Waals surface area (Å²) in [6.07, 6.45) is 3.32. The second-order valence-corrected chi connectivity index (χ2v) is 6.99. The maximum atomic E-state index is 12.8. The SMILES string of the molecule is CSc1nccc(C(N=O)C(=O)c2cccc(OCc3ccc(Cl)cc3)c2)n1. The van der Waals surface area contributed by atoms with Crippen molar-refractivity contribution in [2.24, 2.45) is 5.18 Å². The topological polar surface area (TPSA) is 81.5 Å². The van der Waals surface area contributed by atoms with Gasteiger partial charge in [0.05, 0.1) is 5.69 Å². The predicted octanol–water partition coefficient (Wildman–Crippen LogP) is 5.12. The molecule has 3 aromatic rings. The number of carbonyl (C=O) groups excluding carboxylic acids is 1. The van der Waals surface area contributed by atoms with Crippen molar-refractivity contribution in [2.45, 2.75) is 17.8 Å². The van der Waals surface area contributed by atoms with E-state index in [9.17, 15) is 9.70 Å². The number of hydrogen-bond acceptors (Lipinski definition) is 7. The van der Waals surface area contributed by atoms with E-state index < -0.39 is 11.8 Å². The monoisotopic (exact) mass is 413 g/mol. The molecule has 1 unspecified atom stereocenters. The first-order valence-electron chi connectivity index (χ1n) is 8.31. The van der Waals surface area contributed by atoms with Gasteiger partial charge in [-0.3, -0.25) is 4.79 Å². The molecule has 0 saturated heterocycles. The van der Waals surface area contributed by atoms with Gasteiger partial charge in [-0.25, -0.2) is 9.97 Å². The van der Waals surface area contributed by atoms with E-state index >= 15 is 0 Å². The molecule has 6 nitrogen and oxygen atoms in total. The molecular weight excluding hydrogens is 398 g/mol. The predicted molar refractivity (Wildman–Crippen MR) is 109 cm³/mol. The van der Waals surface area contributed by atoms with E-state index in [1.807, 2.05) is 18.4 Å². The van der Waals surface area contributed by atoms with Gasteiger partial charge in [0.1, 0.15) is 12.4 Å². The van der Waals surface area contributed by atoms with Crippen LogP contribution in [-0.2, 0) is 6.61 Å². The lowest BCUT2D eigenvalue weighted by molar-refractivity contribution is 0.0959. The average Bonchev–Trinajstić information content (AvgIpc) is 2.74. The Bertz CT molecular complexity index is 982. The van der Waals surface area contributed by atoms with Gasteiger partial charge in [0.2, 0.25) is 0 Å². The number of Topliss-reactive ketones (excluding diaryl/α,β-unsaturated/α-hetero) is 1. The fraction of sp³-hybridized carbons (Fsp3) is 0.150. The second-order valence-electron chi connectivity index (χ2n) is 5.78. The molecule has 0 bridgehead atoms. The van der Waals surface area contributed by atoms with Gasteiger partial charge < -0.3 is 4.74 Å². The maximum absolute atomic E-state index is 12.8. The van der Waals surface area contributed by atoms with Gasteiger partial charge >= 0.3 is 0 Å². The van der Waals surface area contributed by atoms with Crippen molar-refractivity contribution in [1.29, 1.82) is 0 Å². The highest BCUT2D eigenvalue weighted by Crippen LogP contribution is 2.24. The van der Waals surface area contributed by atoms with Gasteiger partial charge in [0, 0.05) is 16.8 Å². The second kappa shape index (κ2) is 9.43. The Morgan fingerprint density at radius 2 is 2.00 bits per heavy atom. The molecule has 8 heteroatoms. The molecule has 3 rings (SSSR count). The van der Waals surface area contributed by atoms with Crippen LogP contribution in [0.15, 0.2) is 71.1 Å². The Labute approximate surface area is 171 Å². The summed E-state index contributed by atoms with van der Waals surface area (Å²) in [5, 5.41) is 4.11. The molecule has 0 aliphatic carbocycles. The summed E-state index contributed by atoms with van der Waals surface area (Å²) < 4.78 is 5.75. The highest BCUT2D eigenvalue weighted by atomic mass is 35.5. The van der Waals surface area contributed by atoms with Gasteiger partial charge in [-0.15, -0.1) is 4.91 Å². The molecule has 0 amide bonds. The number of carbonyl (C=O) groups is 1. The third-order valence-electron chi connectivity index (χ3n) is 3.91. The molecule has 0 N–H and O–H groups in total. The highest BCUT2D eigenvalue weighted by molar-refractivity contribution is 7.98. The van der Waals surface area contributed by atoms with Gasteiger partial charge in [0.25, 0.3) is 0 Å². The Morgan fingerprint density at radius 1 is 1.21 bits per heavy atom. The Morgan fingerprint density at radius 3 is 2.71 bits per heavy atom. The van der Waals surface area contributed by atoms with Crippen LogP contribution in [0.1, 0.15) is 27.7 Å². The summed E-state index contributed by atoms with van der Waals surface area (Å²) in [5.41, 5.74) is 1.54. The van der Waals surface area contributed by atoms with Crippen molar-refractivity contribution < 1.29 is 9.53 Å². The lowest BCUT2D eigenvalue weighted by Crippen LogP contribution is -2.13. The summed E-state index contributed by atoms with van der Waals surface area (Å²) >= 11 is 7.19. The fourth-order valence-corrected chi connectivity index (χ4v) is 2.97. The van der Waals surface area contributed by atoms with E-state index in [4.69, 9.17) is 16.3 Å². The van der Waals surface area contributed by atoms with E-state index in [-0.39, 0.29) is 5.69 Å². The average molecular weight is 414 g/mol. The van der Waals surface area contributed by atoms with E-state index in [2.05, 4.69) is 15.1 Å². The molecule has 0 radical (unpaired) electrons. The van der Waals surface area contributed by atoms with Crippen LogP contribution in [-0.4, -0.2) is 22.0 Å². The number of nitroso groups, excluding NO2 is 1. The summed E-state index contributed by atoms with van der Waals surface area (Å²) in [6.45, 7) is 0.327.